The van der Waals surface area contributed by atoms with Crippen LogP contribution >= 0.6 is 0 Å². The Hall–Kier alpha value is -0.221. The van der Waals surface area contributed by atoms with E-state index in [-0.39, 0.29) is 29.2 Å². The summed E-state index contributed by atoms with van der Waals surface area (Å²) in [4.78, 5) is 8.31. The molecule has 0 aliphatic heterocycles. The zero-order chi connectivity index (χ0) is 16.7. The van der Waals surface area contributed by atoms with Gasteiger partial charge in [-0.05, 0) is 53.0 Å². The molecule has 0 aliphatic rings. The fourth-order valence-electron chi connectivity index (χ4n) is 1.09. The summed E-state index contributed by atoms with van der Waals surface area (Å²) in [6.45, 7) is 18.0. The van der Waals surface area contributed by atoms with Gasteiger partial charge in [0.1, 0.15) is 0 Å². The summed E-state index contributed by atoms with van der Waals surface area (Å²) in [5, 5.41) is 22.4. The average Bonchev–Trinajstić information content (AvgIpc) is 2.13. The molecule has 0 saturated heterocycles. The molecule has 0 aromatic carbocycles. The van der Waals surface area contributed by atoms with Gasteiger partial charge in [0.2, 0.25) is 0 Å². The van der Waals surface area contributed by atoms with Crippen LogP contribution in [0, 0.1) is 0 Å². The van der Waals surface area contributed by atoms with E-state index >= 15 is 0 Å². The Labute approximate surface area is 141 Å². The number of nitrogens with zero attached hydrogens (tertiary/aromatic N) is 2. The maximum absolute atomic E-state index is 11.2. The fraction of sp³-hybridized carbons (Fsp3) is 0.875. The van der Waals surface area contributed by atoms with Gasteiger partial charge in [-0.3, -0.25) is 9.98 Å². The van der Waals surface area contributed by atoms with Crippen LogP contribution < -0.4 is 10.2 Å². The Bertz CT molecular complexity index is 301. The molecular weight excluding hydrogens is 308 g/mol. The fourth-order valence-corrected chi connectivity index (χ4v) is 1.09. The van der Waals surface area contributed by atoms with Crippen LogP contribution in [0.4, 0.5) is 0 Å². The molecule has 0 amide bonds. The van der Waals surface area contributed by atoms with Crippen molar-refractivity contribution in [2.45, 2.75) is 92.5 Å². The number of rotatable bonds is 4. The van der Waals surface area contributed by atoms with Gasteiger partial charge < -0.3 is 10.2 Å². The Morgan fingerprint density at radius 3 is 0.952 bits per heavy atom. The summed E-state index contributed by atoms with van der Waals surface area (Å²) in [5.41, 5.74) is -0.654. The first-order valence-corrected chi connectivity index (χ1v) is 7.18. The standard InChI is InChI=1S/2C8H16NO.Fe/c2*1-6(2)9-7(3)8(4,5)10;/h2*6H,1-5H3;/q2*-1;+2. The summed E-state index contributed by atoms with van der Waals surface area (Å²) in [7, 11) is 0. The van der Waals surface area contributed by atoms with Crippen molar-refractivity contribution in [3.05, 3.63) is 0 Å². The summed E-state index contributed by atoms with van der Waals surface area (Å²) >= 11 is 0. The Balaban J connectivity index is -0.000000295. The Morgan fingerprint density at radius 1 is 0.714 bits per heavy atom. The van der Waals surface area contributed by atoms with Gasteiger partial charge in [0, 0.05) is 12.1 Å². The Kier molecular flexibility index (Phi) is 12.9. The number of aliphatic imine (C=N–C) groups is 2. The summed E-state index contributed by atoms with van der Waals surface area (Å²) < 4.78 is 0. The van der Waals surface area contributed by atoms with E-state index in [4.69, 9.17) is 0 Å². The van der Waals surface area contributed by atoms with Crippen LogP contribution in [0.15, 0.2) is 9.98 Å². The predicted molar refractivity (Wildman–Crippen MR) is 84.6 cm³/mol. The minimum Gasteiger partial charge on any atom is -0.846 e. The quantitative estimate of drug-likeness (QED) is 0.580. The van der Waals surface area contributed by atoms with Gasteiger partial charge in [0.15, 0.2) is 0 Å². The second kappa shape index (κ2) is 10.5. The van der Waals surface area contributed by atoms with Crippen LogP contribution in [0.2, 0.25) is 0 Å². The van der Waals surface area contributed by atoms with Gasteiger partial charge in [-0.2, -0.15) is 0 Å². The second-order valence-electron chi connectivity index (χ2n) is 6.64. The molecule has 0 aromatic heterocycles. The molecule has 0 spiro atoms. The maximum atomic E-state index is 11.2. The van der Waals surface area contributed by atoms with Crippen molar-refractivity contribution >= 4 is 11.4 Å². The van der Waals surface area contributed by atoms with E-state index < -0.39 is 11.2 Å². The molecular formula is C16H32FeN2O2. The Morgan fingerprint density at radius 2 is 0.905 bits per heavy atom. The first kappa shape index (κ1) is 25.7. The van der Waals surface area contributed by atoms with Crippen LogP contribution in [0.5, 0.6) is 0 Å². The van der Waals surface area contributed by atoms with Gasteiger partial charge >= 0.3 is 17.1 Å². The van der Waals surface area contributed by atoms with E-state index in [1.54, 1.807) is 41.5 Å². The molecule has 0 bridgehead atoms. The van der Waals surface area contributed by atoms with Gasteiger partial charge in [-0.25, -0.2) is 0 Å². The normalized spacial score (nSPS) is 13.8. The van der Waals surface area contributed by atoms with Crippen LogP contribution in [-0.4, -0.2) is 34.7 Å². The molecule has 126 valence electrons. The minimum atomic E-state index is -1.01. The first-order valence-electron chi connectivity index (χ1n) is 7.18. The summed E-state index contributed by atoms with van der Waals surface area (Å²) in [6.07, 6.45) is 0. The largest absolute Gasteiger partial charge is 2.00 e. The van der Waals surface area contributed by atoms with E-state index in [9.17, 15) is 10.2 Å². The number of hydrogen-bond acceptors (Lipinski definition) is 4. The van der Waals surface area contributed by atoms with Crippen LogP contribution in [0.25, 0.3) is 0 Å². The van der Waals surface area contributed by atoms with Crippen molar-refractivity contribution < 1.29 is 27.3 Å². The van der Waals surface area contributed by atoms with Crippen LogP contribution in [0.3, 0.4) is 0 Å². The third kappa shape index (κ3) is 16.0. The summed E-state index contributed by atoms with van der Waals surface area (Å²) in [6, 6.07) is 0.460. The first-order chi connectivity index (χ1) is 8.67. The predicted octanol–water partition coefficient (Wildman–Crippen LogP) is 1.99. The molecule has 0 N–H and O–H groups in total. The van der Waals surface area contributed by atoms with E-state index in [1.807, 2.05) is 27.7 Å². The van der Waals surface area contributed by atoms with Gasteiger partial charge in [-0.15, -0.1) is 0 Å². The molecule has 0 aromatic rings. The van der Waals surface area contributed by atoms with Crippen molar-refractivity contribution in [1.29, 1.82) is 0 Å². The van der Waals surface area contributed by atoms with Crippen LogP contribution in [-0.2, 0) is 17.1 Å². The molecule has 0 heterocycles. The monoisotopic (exact) mass is 340 g/mol. The smallest absolute Gasteiger partial charge is 0.846 e. The molecule has 0 rings (SSSR count). The third-order valence-corrected chi connectivity index (χ3v) is 2.65. The molecule has 5 heteroatoms. The maximum Gasteiger partial charge on any atom is 2.00 e. The second-order valence-corrected chi connectivity index (χ2v) is 6.64. The molecule has 0 aliphatic carbocycles. The van der Waals surface area contributed by atoms with Crippen molar-refractivity contribution in [2.24, 2.45) is 9.98 Å². The van der Waals surface area contributed by atoms with E-state index in [0.29, 0.717) is 11.4 Å². The number of hydrogen-bond donors (Lipinski definition) is 0. The molecule has 0 atom stereocenters. The van der Waals surface area contributed by atoms with Gasteiger partial charge in [0.25, 0.3) is 0 Å². The molecule has 0 unspecified atom stereocenters. The molecule has 4 nitrogen and oxygen atoms in total. The zero-order valence-corrected chi connectivity index (χ0v) is 16.3. The van der Waals surface area contributed by atoms with E-state index in [1.165, 1.54) is 0 Å². The van der Waals surface area contributed by atoms with Gasteiger partial charge in [-0.1, -0.05) is 38.9 Å². The molecule has 0 fully saturated rings. The third-order valence-electron chi connectivity index (χ3n) is 2.65. The summed E-state index contributed by atoms with van der Waals surface area (Å²) in [5.74, 6) is 0. The van der Waals surface area contributed by atoms with Crippen molar-refractivity contribution in [1.82, 2.24) is 0 Å². The molecule has 0 radical (unpaired) electrons. The van der Waals surface area contributed by atoms with E-state index in [0.717, 1.165) is 0 Å². The van der Waals surface area contributed by atoms with Crippen molar-refractivity contribution in [3.8, 4) is 0 Å². The van der Waals surface area contributed by atoms with Crippen molar-refractivity contribution in [2.75, 3.05) is 0 Å². The van der Waals surface area contributed by atoms with Crippen LogP contribution in [0.1, 0.15) is 69.2 Å². The SMILES string of the molecule is CC(=NC(C)C)C(C)(C)[O-].CC(=NC(C)C)C(C)(C)[O-].[Fe+2]. The minimum absolute atomic E-state index is 0. The topological polar surface area (TPSA) is 70.8 Å². The average molecular weight is 340 g/mol. The molecule has 0 saturated carbocycles. The molecule has 21 heavy (non-hydrogen) atoms. The van der Waals surface area contributed by atoms with Gasteiger partial charge in [0.05, 0.1) is 0 Å². The van der Waals surface area contributed by atoms with Crippen molar-refractivity contribution in [3.63, 3.8) is 0 Å². The zero-order valence-electron chi connectivity index (χ0n) is 15.2. The van der Waals surface area contributed by atoms with E-state index in [2.05, 4.69) is 9.98 Å².